The molecule has 2 unspecified atom stereocenters. The van der Waals surface area contributed by atoms with Crippen molar-refractivity contribution in [2.45, 2.75) is 31.8 Å². The summed E-state index contributed by atoms with van der Waals surface area (Å²) in [6, 6.07) is 0.772. The van der Waals surface area contributed by atoms with Gasteiger partial charge in [-0.3, -0.25) is 4.98 Å². The Bertz CT molecular complexity index is 450. The van der Waals surface area contributed by atoms with Gasteiger partial charge in [-0.25, -0.2) is 4.98 Å². The lowest BCUT2D eigenvalue weighted by molar-refractivity contribution is 0.102. The monoisotopic (exact) mass is 275 g/mol. The van der Waals surface area contributed by atoms with Crippen LogP contribution in [0.3, 0.4) is 0 Å². The second-order valence-electron chi connectivity index (χ2n) is 6.08. The lowest BCUT2D eigenvalue weighted by Crippen LogP contribution is -2.53. The van der Waals surface area contributed by atoms with Crippen molar-refractivity contribution in [3.63, 3.8) is 0 Å². The number of hydrogen-bond acceptors (Lipinski definition) is 5. The zero-order valence-corrected chi connectivity index (χ0v) is 12.5. The van der Waals surface area contributed by atoms with Gasteiger partial charge in [0, 0.05) is 31.9 Å². The molecule has 2 saturated heterocycles. The number of anilines is 1. The molecule has 0 bridgehead atoms. The van der Waals surface area contributed by atoms with Gasteiger partial charge in [0.15, 0.2) is 0 Å². The summed E-state index contributed by atoms with van der Waals surface area (Å²) in [5.41, 5.74) is 1.02. The third kappa shape index (κ3) is 2.79. The van der Waals surface area contributed by atoms with Gasteiger partial charge in [-0.1, -0.05) is 0 Å². The zero-order valence-electron chi connectivity index (χ0n) is 12.5. The Morgan fingerprint density at radius 1 is 1.30 bits per heavy atom. The van der Waals surface area contributed by atoms with Gasteiger partial charge in [-0.2, -0.15) is 0 Å². The molecule has 0 spiro atoms. The summed E-state index contributed by atoms with van der Waals surface area (Å²) in [5.74, 6) is 1.83. The average Bonchev–Trinajstić information content (AvgIpc) is 2.48. The smallest absolute Gasteiger partial charge is 0.147 e. The molecule has 1 aromatic heterocycles. The number of nitrogens with one attached hydrogen (secondary N) is 1. The van der Waals surface area contributed by atoms with E-state index < -0.39 is 0 Å². The van der Waals surface area contributed by atoms with Crippen LogP contribution in [-0.2, 0) is 6.54 Å². The predicted molar refractivity (Wildman–Crippen MR) is 80.8 cm³/mol. The first-order chi connectivity index (χ1) is 9.78. The maximum Gasteiger partial charge on any atom is 0.147 e. The summed E-state index contributed by atoms with van der Waals surface area (Å²) in [7, 11) is 4.22. The minimum Gasteiger partial charge on any atom is -0.355 e. The van der Waals surface area contributed by atoms with Gasteiger partial charge in [-0.15, -0.1) is 0 Å². The van der Waals surface area contributed by atoms with Crippen molar-refractivity contribution in [3.05, 3.63) is 18.1 Å². The maximum absolute atomic E-state index is 4.73. The van der Waals surface area contributed by atoms with E-state index in [-0.39, 0.29) is 0 Å². The molecule has 2 fully saturated rings. The van der Waals surface area contributed by atoms with Crippen LogP contribution in [0.5, 0.6) is 0 Å². The highest BCUT2D eigenvalue weighted by atomic mass is 15.2. The van der Waals surface area contributed by atoms with E-state index in [1.54, 1.807) is 0 Å². The van der Waals surface area contributed by atoms with Crippen LogP contribution in [-0.4, -0.2) is 54.6 Å². The Labute approximate surface area is 121 Å². The van der Waals surface area contributed by atoms with Crippen molar-refractivity contribution in [1.82, 2.24) is 20.2 Å². The normalized spacial score (nSPS) is 27.4. The fourth-order valence-corrected chi connectivity index (χ4v) is 3.67. The molecule has 5 heteroatoms. The summed E-state index contributed by atoms with van der Waals surface area (Å²) >= 11 is 0. The van der Waals surface area contributed by atoms with E-state index in [2.05, 4.69) is 27.1 Å². The summed E-state index contributed by atoms with van der Waals surface area (Å²) in [6.45, 7) is 4.28. The molecule has 0 aliphatic carbocycles. The third-order valence-corrected chi connectivity index (χ3v) is 4.70. The molecule has 2 atom stereocenters. The lowest BCUT2D eigenvalue weighted by Gasteiger charge is -2.46. The first kappa shape index (κ1) is 13.8. The van der Waals surface area contributed by atoms with Crippen LogP contribution < -0.4 is 10.2 Å². The summed E-state index contributed by atoms with van der Waals surface area (Å²) in [4.78, 5) is 14.0. The highest BCUT2D eigenvalue weighted by molar-refractivity contribution is 5.37. The molecular formula is C15H25N5. The Morgan fingerprint density at radius 3 is 3.05 bits per heavy atom. The average molecular weight is 275 g/mol. The van der Waals surface area contributed by atoms with Crippen molar-refractivity contribution in [2.75, 3.05) is 38.6 Å². The largest absolute Gasteiger partial charge is 0.355 e. The molecule has 20 heavy (non-hydrogen) atoms. The van der Waals surface area contributed by atoms with Gasteiger partial charge >= 0.3 is 0 Å². The minimum absolute atomic E-state index is 0.772. The predicted octanol–water partition coefficient (Wildman–Crippen LogP) is 1.12. The maximum atomic E-state index is 4.73. The second-order valence-corrected chi connectivity index (χ2v) is 6.08. The third-order valence-electron chi connectivity index (χ3n) is 4.70. The van der Waals surface area contributed by atoms with Gasteiger partial charge < -0.3 is 15.1 Å². The first-order valence-corrected chi connectivity index (χ1v) is 7.68. The molecule has 3 rings (SSSR count). The molecule has 0 amide bonds. The molecule has 1 aromatic rings. The second kappa shape index (κ2) is 6.06. The minimum atomic E-state index is 0.772. The first-order valence-electron chi connectivity index (χ1n) is 7.68. The number of rotatable bonds is 3. The van der Waals surface area contributed by atoms with Gasteiger partial charge in [0.2, 0.25) is 0 Å². The molecule has 2 aliphatic rings. The van der Waals surface area contributed by atoms with E-state index in [1.807, 2.05) is 19.4 Å². The van der Waals surface area contributed by atoms with Gasteiger partial charge in [-0.05, 0) is 45.8 Å². The fourth-order valence-electron chi connectivity index (χ4n) is 3.67. The molecular weight excluding hydrogens is 250 g/mol. The topological polar surface area (TPSA) is 44.3 Å². The summed E-state index contributed by atoms with van der Waals surface area (Å²) < 4.78 is 0. The number of aromatic nitrogens is 2. The molecule has 1 N–H and O–H groups in total. The van der Waals surface area contributed by atoms with Crippen molar-refractivity contribution < 1.29 is 0 Å². The molecule has 2 aliphatic heterocycles. The van der Waals surface area contributed by atoms with E-state index in [0.717, 1.165) is 43.1 Å². The van der Waals surface area contributed by atoms with Gasteiger partial charge in [0.1, 0.15) is 5.82 Å². The molecule has 0 aromatic carbocycles. The number of nitrogens with zero attached hydrogens (tertiary/aromatic N) is 4. The molecule has 0 radical (unpaired) electrons. The van der Waals surface area contributed by atoms with Gasteiger partial charge in [0.25, 0.3) is 0 Å². The molecule has 0 saturated carbocycles. The number of piperidine rings is 2. The van der Waals surface area contributed by atoms with Crippen LogP contribution in [0.15, 0.2) is 12.4 Å². The Morgan fingerprint density at radius 2 is 2.20 bits per heavy atom. The van der Waals surface area contributed by atoms with Crippen LogP contribution in [0.25, 0.3) is 0 Å². The number of hydrogen-bond donors (Lipinski definition) is 1. The highest BCUT2D eigenvalue weighted by Gasteiger charge is 2.34. The highest BCUT2D eigenvalue weighted by Crippen LogP contribution is 2.31. The van der Waals surface area contributed by atoms with E-state index in [1.165, 1.54) is 25.8 Å². The van der Waals surface area contributed by atoms with Crippen molar-refractivity contribution in [2.24, 2.45) is 5.92 Å². The molecule has 5 nitrogen and oxygen atoms in total. The van der Waals surface area contributed by atoms with E-state index in [9.17, 15) is 0 Å². The van der Waals surface area contributed by atoms with Crippen LogP contribution in [0.4, 0.5) is 5.82 Å². The van der Waals surface area contributed by atoms with Crippen molar-refractivity contribution in [1.29, 1.82) is 0 Å². The van der Waals surface area contributed by atoms with Crippen LogP contribution in [0.2, 0.25) is 0 Å². The standard InChI is InChI=1S/C15H25N5/c1-16-8-13-9-17-10-15(18-13)20-7-5-14-12(11-20)4-3-6-19(14)2/h9-10,12,14,16H,3-8,11H2,1-2H3. The quantitative estimate of drug-likeness (QED) is 0.895. The van der Waals surface area contributed by atoms with E-state index in [0.29, 0.717) is 0 Å². The summed E-state index contributed by atoms with van der Waals surface area (Å²) in [6.07, 6.45) is 7.69. The Kier molecular flexibility index (Phi) is 4.17. The number of fused-ring (bicyclic) bond motifs is 1. The van der Waals surface area contributed by atoms with E-state index >= 15 is 0 Å². The molecule has 3 heterocycles. The summed E-state index contributed by atoms with van der Waals surface area (Å²) in [5, 5.41) is 3.14. The number of likely N-dealkylation sites (tertiary alicyclic amines) is 1. The Hall–Kier alpha value is -1.20. The fraction of sp³-hybridized carbons (Fsp3) is 0.733. The Balaban J connectivity index is 1.71. The van der Waals surface area contributed by atoms with Crippen LogP contribution in [0, 0.1) is 5.92 Å². The van der Waals surface area contributed by atoms with Crippen LogP contribution >= 0.6 is 0 Å². The molecule has 110 valence electrons. The van der Waals surface area contributed by atoms with Crippen molar-refractivity contribution in [3.8, 4) is 0 Å². The van der Waals surface area contributed by atoms with Crippen molar-refractivity contribution >= 4 is 5.82 Å². The lowest BCUT2D eigenvalue weighted by atomic mass is 9.84. The SMILES string of the molecule is CNCc1cncc(N2CCC3C(CCCN3C)C2)n1. The van der Waals surface area contributed by atoms with E-state index in [4.69, 9.17) is 4.98 Å². The zero-order chi connectivity index (χ0) is 13.9. The van der Waals surface area contributed by atoms with Crippen LogP contribution in [0.1, 0.15) is 25.0 Å². The van der Waals surface area contributed by atoms with Gasteiger partial charge in [0.05, 0.1) is 11.9 Å².